The van der Waals surface area contributed by atoms with E-state index in [0.29, 0.717) is 5.76 Å². The van der Waals surface area contributed by atoms with Gasteiger partial charge < -0.3 is 14.8 Å². The molecule has 2 heterocycles. The van der Waals surface area contributed by atoms with E-state index in [1.165, 1.54) is 6.07 Å². The van der Waals surface area contributed by atoms with Crippen molar-refractivity contribution in [2.75, 3.05) is 0 Å². The second-order valence-corrected chi connectivity index (χ2v) is 4.40. The Morgan fingerprint density at radius 3 is 2.68 bits per heavy atom. The van der Waals surface area contributed by atoms with Crippen molar-refractivity contribution in [3.05, 3.63) is 53.7 Å². The zero-order chi connectivity index (χ0) is 13.8. The summed E-state index contributed by atoms with van der Waals surface area (Å²) in [7, 11) is 0. The van der Waals surface area contributed by atoms with E-state index in [1.807, 2.05) is 26.0 Å². The summed E-state index contributed by atoms with van der Waals surface area (Å²) in [5.41, 5.74) is 1.07. The third-order valence-electron chi connectivity index (χ3n) is 2.95. The van der Waals surface area contributed by atoms with Gasteiger partial charge in [0.1, 0.15) is 5.76 Å². The number of carboxylic acid groups (broad SMARTS) is 1. The fraction of sp³-hybridized carbons (Fsp3) is 0.286. The zero-order valence-electron chi connectivity index (χ0n) is 10.8. The Hall–Kier alpha value is -2.14. The maximum atomic E-state index is 10.8. The molecule has 0 aliphatic rings. The van der Waals surface area contributed by atoms with Crippen molar-refractivity contribution in [2.24, 2.45) is 0 Å². The number of rotatable bonds is 5. The Labute approximate surface area is 111 Å². The molecule has 2 rings (SSSR count). The van der Waals surface area contributed by atoms with E-state index in [4.69, 9.17) is 9.52 Å². The van der Waals surface area contributed by atoms with Crippen molar-refractivity contribution in [1.29, 1.82) is 0 Å². The number of hydrogen-bond donors (Lipinski definition) is 2. The highest BCUT2D eigenvalue weighted by molar-refractivity contribution is 5.84. The molecule has 0 aliphatic carbocycles. The van der Waals surface area contributed by atoms with Crippen molar-refractivity contribution in [3.8, 4) is 0 Å². The molecule has 0 saturated heterocycles. The molecule has 5 heteroatoms. The van der Waals surface area contributed by atoms with Crippen LogP contribution in [-0.4, -0.2) is 16.1 Å². The van der Waals surface area contributed by atoms with Crippen molar-refractivity contribution in [3.63, 3.8) is 0 Å². The van der Waals surface area contributed by atoms with Crippen LogP contribution < -0.4 is 5.32 Å². The summed E-state index contributed by atoms with van der Waals surface area (Å²) in [6.07, 6.45) is 3.53. The third-order valence-corrected chi connectivity index (χ3v) is 2.95. The van der Waals surface area contributed by atoms with Gasteiger partial charge in [0, 0.05) is 18.4 Å². The van der Waals surface area contributed by atoms with Crippen LogP contribution in [0.4, 0.5) is 0 Å². The molecule has 0 saturated carbocycles. The lowest BCUT2D eigenvalue weighted by molar-refractivity contribution is 0.0659. The molecular formula is C14H16N2O3. The lowest BCUT2D eigenvalue weighted by atomic mass is 10.1. The molecule has 0 radical (unpaired) electrons. The first-order chi connectivity index (χ1) is 9.08. The molecule has 0 aliphatic heterocycles. The molecule has 0 fully saturated rings. The van der Waals surface area contributed by atoms with Crippen LogP contribution in [-0.2, 0) is 0 Å². The van der Waals surface area contributed by atoms with Crippen LogP contribution in [0.15, 0.2) is 41.1 Å². The van der Waals surface area contributed by atoms with Crippen molar-refractivity contribution in [2.45, 2.75) is 25.9 Å². The van der Waals surface area contributed by atoms with Gasteiger partial charge in [0.05, 0.1) is 6.04 Å². The largest absolute Gasteiger partial charge is 0.475 e. The second kappa shape index (κ2) is 5.67. The van der Waals surface area contributed by atoms with Gasteiger partial charge in [0.2, 0.25) is 5.76 Å². The van der Waals surface area contributed by atoms with E-state index in [9.17, 15) is 4.79 Å². The summed E-state index contributed by atoms with van der Waals surface area (Å²) >= 11 is 0. The lowest BCUT2D eigenvalue weighted by Crippen LogP contribution is -2.22. The van der Waals surface area contributed by atoms with E-state index in [0.717, 1.165) is 5.56 Å². The summed E-state index contributed by atoms with van der Waals surface area (Å²) in [4.78, 5) is 14.8. The van der Waals surface area contributed by atoms with E-state index < -0.39 is 5.97 Å². The number of nitrogens with zero attached hydrogens (tertiary/aromatic N) is 1. The molecule has 0 spiro atoms. The fourth-order valence-electron chi connectivity index (χ4n) is 1.89. The fourth-order valence-corrected chi connectivity index (χ4v) is 1.89. The molecule has 100 valence electrons. The Morgan fingerprint density at radius 1 is 1.32 bits per heavy atom. The predicted molar refractivity (Wildman–Crippen MR) is 69.9 cm³/mol. The van der Waals surface area contributed by atoms with Gasteiger partial charge in [-0.15, -0.1) is 0 Å². The molecular weight excluding hydrogens is 244 g/mol. The molecule has 2 atom stereocenters. The minimum absolute atomic E-state index is 0.0438. The van der Waals surface area contributed by atoms with Crippen LogP contribution in [0, 0.1) is 0 Å². The Kier molecular flexibility index (Phi) is 3.97. The molecule has 2 N–H and O–H groups in total. The summed E-state index contributed by atoms with van der Waals surface area (Å²) in [5.74, 6) is -0.496. The van der Waals surface area contributed by atoms with Crippen molar-refractivity contribution in [1.82, 2.24) is 10.3 Å². The molecule has 19 heavy (non-hydrogen) atoms. The Morgan fingerprint density at radius 2 is 2.11 bits per heavy atom. The molecule has 0 bridgehead atoms. The standard InChI is InChI=1S/C14H16N2O3/c1-9(11-4-3-7-15-8-11)16-10(2)12-5-6-13(19-12)14(17)18/h3-10,16H,1-2H3,(H,17,18). The van der Waals surface area contributed by atoms with Crippen LogP contribution in [0.1, 0.15) is 47.8 Å². The van der Waals surface area contributed by atoms with Crippen LogP contribution >= 0.6 is 0 Å². The SMILES string of the molecule is CC(NC(C)c1ccc(C(=O)O)o1)c1cccnc1. The number of aromatic carboxylic acids is 1. The highest BCUT2D eigenvalue weighted by atomic mass is 16.4. The highest BCUT2D eigenvalue weighted by Gasteiger charge is 2.16. The van der Waals surface area contributed by atoms with Crippen LogP contribution in [0.5, 0.6) is 0 Å². The van der Waals surface area contributed by atoms with Crippen LogP contribution in [0.25, 0.3) is 0 Å². The maximum absolute atomic E-state index is 10.8. The van der Waals surface area contributed by atoms with Crippen molar-refractivity contribution >= 4 is 5.97 Å². The van der Waals surface area contributed by atoms with E-state index >= 15 is 0 Å². The van der Waals surface area contributed by atoms with E-state index in [1.54, 1.807) is 18.5 Å². The smallest absolute Gasteiger partial charge is 0.371 e. The van der Waals surface area contributed by atoms with Crippen LogP contribution in [0.2, 0.25) is 0 Å². The maximum Gasteiger partial charge on any atom is 0.371 e. The third kappa shape index (κ3) is 3.20. The molecule has 5 nitrogen and oxygen atoms in total. The topological polar surface area (TPSA) is 75.4 Å². The first-order valence-electron chi connectivity index (χ1n) is 6.07. The van der Waals surface area contributed by atoms with Gasteiger partial charge in [-0.2, -0.15) is 0 Å². The van der Waals surface area contributed by atoms with Gasteiger partial charge in [-0.25, -0.2) is 4.79 Å². The number of hydrogen-bond acceptors (Lipinski definition) is 4. The number of carboxylic acids is 1. The van der Waals surface area contributed by atoms with Crippen molar-refractivity contribution < 1.29 is 14.3 Å². The quantitative estimate of drug-likeness (QED) is 0.864. The van der Waals surface area contributed by atoms with E-state index in [-0.39, 0.29) is 17.8 Å². The number of aromatic nitrogens is 1. The molecule has 0 amide bonds. The normalized spacial score (nSPS) is 14.0. The molecule has 2 aromatic rings. The number of carbonyl (C=O) groups is 1. The summed E-state index contributed by atoms with van der Waals surface area (Å²) in [6.45, 7) is 3.95. The van der Waals surface area contributed by atoms with Gasteiger partial charge in [-0.05, 0) is 37.6 Å². The number of pyridine rings is 1. The van der Waals surface area contributed by atoms with Crippen LogP contribution in [0.3, 0.4) is 0 Å². The van der Waals surface area contributed by atoms with Gasteiger partial charge in [0.25, 0.3) is 0 Å². The zero-order valence-corrected chi connectivity index (χ0v) is 10.8. The van der Waals surface area contributed by atoms with Gasteiger partial charge in [-0.1, -0.05) is 6.07 Å². The summed E-state index contributed by atoms with van der Waals surface area (Å²) in [6, 6.07) is 7.03. The highest BCUT2D eigenvalue weighted by Crippen LogP contribution is 2.20. The van der Waals surface area contributed by atoms with Gasteiger partial charge >= 0.3 is 5.97 Å². The van der Waals surface area contributed by atoms with E-state index in [2.05, 4.69) is 10.3 Å². The predicted octanol–water partition coefficient (Wildman–Crippen LogP) is 2.78. The monoisotopic (exact) mass is 260 g/mol. The lowest BCUT2D eigenvalue weighted by Gasteiger charge is -2.18. The summed E-state index contributed by atoms with van der Waals surface area (Å²) in [5, 5.41) is 12.2. The van der Waals surface area contributed by atoms with Gasteiger partial charge in [-0.3, -0.25) is 4.98 Å². The average molecular weight is 260 g/mol. The van der Waals surface area contributed by atoms with Gasteiger partial charge in [0.15, 0.2) is 0 Å². The first kappa shape index (κ1) is 13.3. The first-order valence-corrected chi connectivity index (χ1v) is 6.07. The average Bonchev–Trinajstić information content (AvgIpc) is 2.89. The number of furan rings is 1. The molecule has 2 aromatic heterocycles. The minimum Gasteiger partial charge on any atom is -0.475 e. The number of nitrogens with one attached hydrogen (secondary N) is 1. The second-order valence-electron chi connectivity index (χ2n) is 4.40. The minimum atomic E-state index is -1.06. The Bertz CT molecular complexity index is 551. The molecule has 0 aromatic carbocycles. The molecule has 2 unspecified atom stereocenters. The summed E-state index contributed by atoms with van der Waals surface area (Å²) < 4.78 is 5.27. The Balaban J connectivity index is 2.04.